The van der Waals surface area contributed by atoms with E-state index >= 15 is 0 Å². The smallest absolute Gasteiger partial charge is 0.343 e. The zero-order valence-electron chi connectivity index (χ0n) is 24.9. The Hall–Kier alpha value is -5.13. The second-order valence-electron chi connectivity index (χ2n) is 9.73. The van der Waals surface area contributed by atoms with Gasteiger partial charge in [0.25, 0.3) is 5.91 Å². The van der Waals surface area contributed by atoms with Crippen LogP contribution in [0.25, 0.3) is 22.0 Å². The number of nitrogens with zero attached hydrogens (tertiary/aromatic N) is 1. The van der Waals surface area contributed by atoms with Crippen LogP contribution >= 0.6 is 27.5 Å². The van der Waals surface area contributed by atoms with Crippen molar-refractivity contribution in [1.82, 2.24) is 10.4 Å². The zero-order chi connectivity index (χ0) is 32.8. The number of hydrogen-bond donors (Lipinski definition) is 2. The highest BCUT2D eigenvalue weighted by Crippen LogP contribution is 2.38. The zero-order valence-corrected chi connectivity index (χ0v) is 27.2. The molecule has 0 aliphatic heterocycles. The quantitative estimate of drug-likeness (QED) is 0.0665. The van der Waals surface area contributed by atoms with Crippen molar-refractivity contribution in [2.45, 2.75) is 13.8 Å². The third kappa shape index (κ3) is 7.22. The maximum Gasteiger partial charge on any atom is 0.343 e. The molecule has 46 heavy (non-hydrogen) atoms. The number of nitrogens with one attached hydrogen (secondary N) is 2. The maximum atomic E-state index is 13.4. The number of H-pyrrole nitrogens is 1. The van der Waals surface area contributed by atoms with Crippen molar-refractivity contribution < 1.29 is 33.3 Å². The first-order valence-corrected chi connectivity index (χ1v) is 15.1. The normalized spacial score (nSPS) is 11.0. The molecule has 5 rings (SSSR count). The van der Waals surface area contributed by atoms with E-state index in [0.717, 1.165) is 15.4 Å². The molecule has 0 radical (unpaired) electrons. The Morgan fingerprint density at radius 2 is 1.70 bits per heavy atom. The lowest BCUT2D eigenvalue weighted by Crippen LogP contribution is -2.19. The molecule has 1 amide bonds. The summed E-state index contributed by atoms with van der Waals surface area (Å²) in [5.41, 5.74) is 5.73. The number of esters is 2. The molecule has 4 aromatic carbocycles. The van der Waals surface area contributed by atoms with Crippen LogP contribution in [0.1, 0.15) is 40.3 Å². The molecule has 10 nitrogen and oxygen atoms in total. The number of amides is 1. The van der Waals surface area contributed by atoms with Gasteiger partial charge in [0.1, 0.15) is 5.69 Å². The largest absolute Gasteiger partial charge is 0.493 e. The van der Waals surface area contributed by atoms with Crippen molar-refractivity contribution >= 4 is 62.5 Å². The number of aromatic amines is 1. The molecule has 2 N–H and O–H groups in total. The van der Waals surface area contributed by atoms with Crippen LogP contribution in [0, 0.1) is 0 Å². The van der Waals surface area contributed by atoms with Gasteiger partial charge in [0.15, 0.2) is 23.0 Å². The van der Waals surface area contributed by atoms with Gasteiger partial charge in [-0.1, -0.05) is 45.7 Å². The van der Waals surface area contributed by atoms with Crippen molar-refractivity contribution in [2.24, 2.45) is 5.10 Å². The summed E-state index contributed by atoms with van der Waals surface area (Å²) in [6, 6.07) is 22.1. The van der Waals surface area contributed by atoms with Gasteiger partial charge in [-0.25, -0.2) is 10.2 Å². The molecule has 1 aromatic heterocycles. The van der Waals surface area contributed by atoms with Crippen LogP contribution in [0.3, 0.4) is 0 Å². The number of halogens is 2. The van der Waals surface area contributed by atoms with Crippen molar-refractivity contribution in [1.29, 1.82) is 0 Å². The average Bonchev–Trinajstić information content (AvgIpc) is 3.41. The molecule has 0 aliphatic carbocycles. The molecule has 0 saturated carbocycles. The number of rotatable bonds is 10. The number of hydrogen-bond acceptors (Lipinski definition) is 8. The number of ether oxygens (including phenoxy) is 4. The van der Waals surface area contributed by atoms with Gasteiger partial charge < -0.3 is 23.9 Å². The summed E-state index contributed by atoms with van der Waals surface area (Å²) in [6.07, 6.45) is 1.44. The summed E-state index contributed by atoms with van der Waals surface area (Å²) >= 11 is 10.0. The first-order chi connectivity index (χ1) is 22.2. The van der Waals surface area contributed by atoms with Crippen molar-refractivity contribution in [3.63, 3.8) is 0 Å². The maximum absolute atomic E-state index is 13.4. The fraction of sp³-hybridized carbons (Fsp3) is 0.118. The molecule has 234 valence electrons. The van der Waals surface area contributed by atoms with Gasteiger partial charge in [-0.05, 0) is 73.2 Å². The summed E-state index contributed by atoms with van der Waals surface area (Å²) in [5, 5.41) is 5.47. The van der Waals surface area contributed by atoms with Gasteiger partial charge in [0, 0.05) is 38.4 Å². The van der Waals surface area contributed by atoms with Crippen LogP contribution in [0.15, 0.2) is 88.4 Å². The highest BCUT2D eigenvalue weighted by atomic mass is 79.9. The second kappa shape index (κ2) is 14.3. The fourth-order valence-corrected chi connectivity index (χ4v) is 5.24. The standard InChI is InChI=1S/C34H27BrClN3O7/c1-4-44-30-15-20(9-13-28(30)46-34(42)21-10-14-27(45-19(2)40)29(16-21)43-3)18-37-39-33(41)32-31(23-7-5-6-8-25(23)36)24-17-22(35)11-12-26(24)38-32/h5-18,38H,4H2,1-3H3,(H,39,41). The molecule has 12 heteroatoms. The predicted octanol–water partition coefficient (Wildman–Crippen LogP) is 7.57. The van der Waals surface area contributed by atoms with E-state index in [2.05, 4.69) is 31.4 Å². The average molecular weight is 705 g/mol. The highest BCUT2D eigenvalue weighted by Gasteiger charge is 2.21. The minimum Gasteiger partial charge on any atom is -0.493 e. The van der Waals surface area contributed by atoms with Gasteiger partial charge >= 0.3 is 11.9 Å². The fourth-order valence-electron chi connectivity index (χ4n) is 4.65. The Kier molecular flexibility index (Phi) is 10.0. The number of hydrazone groups is 1. The van der Waals surface area contributed by atoms with Crippen LogP contribution < -0.4 is 24.4 Å². The molecule has 0 aliphatic rings. The Morgan fingerprint density at radius 3 is 2.43 bits per heavy atom. The first-order valence-electron chi connectivity index (χ1n) is 13.9. The van der Waals surface area contributed by atoms with Gasteiger partial charge in [-0.2, -0.15) is 5.10 Å². The number of aromatic nitrogens is 1. The topological polar surface area (TPSA) is 128 Å². The summed E-state index contributed by atoms with van der Waals surface area (Å²) in [6.45, 7) is 3.36. The van der Waals surface area contributed by atoms with Crippen molar-refractivity contribution in [3.05, 3.63) is 105 Å². The second-order valence-corrected chi connectivity index (χ2v) is 11.1. The predicted molar refractivity (Wildman–Crippen MR) is 178 cm³/mol. The van der Waals surface area contributed by atoms with Crippen LogP contribution in [0.5, 0.6) is 23.0 Å². The van der Waals surface area contributed by atoms with Crippen LogP contribution in [-0.4, -0.2) is 42.8 Å². The third-order valence-electron chi connectivity index (χ3n) is 6.63. The number of fused-ring (bicyclic) bond motifs is 1. The first kappa shape index (κ1) is 32.3. The lowest BCUT2D eigenvalue weighted by molar-refractivity contribution is -0.132. The molecule has 5 aromatic rings. The number of benzene rings is 4. The van der Waals surface area contributed by atoms with Crippen LogP contribution in [0.4, 0.5) is 0 Å². The van der Waals surface area contributed by atoms with E-state index in [-0.39, 0.29) is 28.6 Å². The van der Waals surface area contributed by atoms with Gasteiger partial charge in [-0.15, -0.1) is 0 Å². The molecular weight excluding hydrogens is 678 g/mol. The minimum absolute atomic E-state index is 0.170. The Morgan fingerprint density at radius 1 is 0.935 bits per heavy atom. The Balaban J connectivity index is 1.35. The number of methoxy groups -OCH3 is 1. The van der Waals surface area contributed by atoms with E-state index in [1.54, 1.807) is 31.2 Å². The summed E-state index contributed by atoms with van der Waals surface area (Å²) in [4.78, 5) is 40.8. The minimum atomic E-state index is -0.679. The number of carbonyl (C=O) groups excluding carboxylic acids is 3. The molecule has 1 heterocycles. The number of carbonyl (C=O) groups is 3. The van der Waals surface area contributed by atoms with Crippen molar-refractivity contribution in [3.8, 4) is 34.1 Å². The van der Waals surface area contributed by atoms with E-state index < -0.39 is 17.8 Å². The van der Waals surface area contributed by atoms with Gasteiger partial charge in [0.05, 0.1) is 25.5 Å². The van der Waals surface area contributed by atoms with E-state index in [4.69, 9.17) is 30.5 Å². The lowest BCUT2D eigenvalue weighted by Gasteiger charge is -2.13. The summed E-state index contributed by atoms with van der Waals surface area (Å²) < 4.78 is 22.5. The molecule has 0 spiro atoms. The van der Waals surface area contributed by atoms with Crippen LogP contribution in [-0.2, 0) is 4.79 Å². The monoisotopic (exact) mass is 703 g/mol. The molecule has 0 saturated heterocycles. The Bertz CT molecular complexity index is 1990. The molecule has 0 bridgehead atoms. The van der Waals surface area contributed by atoms with Gasteiger partial charge in [0.2, 0.25) is 0 Å². The molecular formula is C34H27BrClN3O7. The lowest BCUT2D eigenvalue weighted by atomic mass is 10.0. The SMILES string of the molecule is CCOc1cc(C=NNC(=O)c2[nH]c3ccc(Br)cc3c2-c2ccccc2Cl)ccc1OC(=O)c1ccc(OC(C)=O)c(OC)c1. The summed E-state index contributed by atoms with van der Waals surface area (Å²) in [5.74, 6) is -0.836. The summed E-state index contributed by atoms with van der Waals surface area (Å²) in [7, 11) is 1.39. The van der Waals surface area contributed by atoms with E-state index in [1.807, 2.05) is 36.4 Å². The molecule has 0 fully saturated rings. The van der Waals surface area contributed by atoms with E-state index in [9.17, 15) is 14.4 Å². The highest BCUT2D eigenvalue weighted by molar-refractivity contribution is 9.10. The molecule has 0 unspecified atom stereocenters. The Labute approximate surface area is 277 Å². The van der Waals surface area contributed by atoms with E-state index in [1.165, 1.54) is 38.4 Å². The third-order valence-corrected chi connectivity index (χ3v) is 7.46. The van der Waals surface area contributed by atoms with Crippen molar-refractivity contribution in [2.75, 3.05) is 13.7 Å². The van der Waals surface area contributed by atoms with Crippen LogP contribution in [0.2, 0.25) is 5.02 Å². The van der Waals surface area contributed by atoms with Gasteiger partial charge in [-0.3, -0.25) is 9.59 Å². The molecule has 0 atom stereocenters. The van der Waals surface area contributed by atoms with E-state index in [0.29, 0.717) is 34.0 Å².